The molecule has 25 heavy (non-hydrogen) atoms. The summed E-state index contributed by atoms with van der Waals surface area (Å²) in [5, 5.41) is 5.74. The maximum Gasteiger partial charge on any atom is 0.313 e. The summed E-state index contributed by atoms with van der Waals surface area (Å²) in [5.74, 6) is -0.675. The van der Waals surface area contributed by atoms with Crippen LogP contribution in [0.4, 0.5) is 5.69 Å². The Morgan fingerprint density at radius 3 is 2.32 bits per heavy atom. The van der Waals surface area contributed by atoms with Gasteiger partial charge in [0.1, 0.15) is 5.75 Å². The topological polar surface area (TPSA) is 67.4 Å². The molecule has 0 saturated heterocycles. The highest BCUT2D eigenvalue weighted by Crippen LogP contribution is 2.16. The molecule has 0 aromatic heterocycles. The van der Waals surface area contributed by atoms with Gasteiger partial charge in [0.05, 0.1) is 6.61 Å². The molecule has 0 spiro atoms. The van der Waals surface area contributed by atoms with Crippen molar-refractivity contribution in [3.63, 3.8) is 0 Å². The number of amides is 2. The number of benzene rings is 2. The molecule has 5 nitrogen and oxygen atoms in total. The van der Waals surface area contributed by atoms with E-state index in [0.717, 1.165) is 24.2 Å². The Bertz CT molecular complexity index is 700. The highest BCUT2D eigenvalue weighted by atomic mass is 35.5. The van der Waals surface area contributed by atoms with Gasteiger partial charge in [0.15, 0.2) is 0 Å². The number of nitrogens with one attached hydrogen (secondary N) is 2. The Labute approximate surface area is 152 Å². The first kappa shape index (κ1) is 18.8. The Balaban J connectivity index is 1.80. The maximum absolute atomic E-state index is 11.9. The SMILES string of the molecule is CCCCOc1ccc(NC(=O)C(=O)NCc2ccc(Cl)cc2)cc1. The minimum atomic E-state index is -0.714. The molecule has 2 aromatic rings. The first-order valence-electron chi connectivity index (χ1n) is 8.15. The van der Waals surface area contributed by atoms with Gasteiger partial charge in [-0.15, -0.1) is 0 Å². The summed E-state index contributed by atoms with van der Waals surface area (Å²) < 4.78 is 5.55. The van der Waals surface area contributed by atoms with Crippen molar-refractivity contribution in [2.45, 2.75) is 26.3 Å². The van der Waals surface area contributed by atoms with Gasteiger partial charge in [-0.1, -0.05) is 37.1 Å². The van der Waals surface area contributed by atoms with Crippen LogP contribution in [-0.2, 0) is 16.1 Å². The fourth-order valence-electron chi connectivity index (χ4n) is 2.02. The van der Waals surface area contributed by atoms with E-state index in [2.05, 4.69) is 17.6 Å². The molecule has 2 rings (SSSR count). The number of ether oxygens (including phenoxy) is 1. The molecule has 0 atom stereocenters. The number of rotatable bonds is 7. The van der Waals surface area contributed by atoms with Gasteiger partial charge < -0.3 is 15.4 Å². The van der Waals surface area contributed by atoms with Crippen molar-refractivity contribution in [2.75, 3.05) is 11.9 Å². The number of halogens is 1. The number of unbranched alkanes of at least 4 members (excludes halogenated alkanes) is 1. The molecule has 0 aliphatic rings. The third kappa shape index (κ3) is 6.47. The van der Waals surface area contributed by atoms with Crippen molar-refractivity contribution in [2.24, 2.45) is 0 Å². The van der Waals surface area contributed by atoms with Crippen LogP contribution < -0.4 is 15.4 Å². The average molecular weight is 361 g/mol. The summed E-state index contributed by atoms with van der Waals surface area (Å²) in [6.07, 6.45) is 2.06. The van der Waals surface area contributed by atoms with Crippen molar-refractivity contribution < 1.29 is 14.3 Å². The van der Waals surface area contributed by atoms with Gasteiger partial charge in [0.2, 0.25) is 0 Å². The van der Waals surface area contributed by atoms with Gasteiger partial charge in [0, 0.05) is 17.3 Å². The zero-order valence-electron chi connectivity index (χ0n) is 14.0. The number of carbonyl (C=O) groups excluding carboxylic acids is 2. The molecule has 0 unspecified atom stereocenters. The summed E-state index contributed by atoms with van der Waals surface area (Å²) in [6.45, 7) is 3.02. The maximum atomic E-state index is 11.9. The van der Waals surface area contributed by atoms with E-state index in [1.165, 1.54) is 0 Å². The standard InChI is InChI=1S/C19H21ClN2O3/c1-2-3-12-25-17-10-8-16(9-11-17)22-19(24)18(23)21-13-14-4-6-15(20)7-5-14/h4-11H,2-3,12-13H2,1H3,(H,21,23)(H,22,24). The lowest BCUT2D eigenvalue weighted by Crippen LogP contribution is -2.34. The Hall–Kier alpha value is -2.53. The van der Waals surface area contributed by atoms with Gasteiger partial charge in [-0.25, -0.2) is 0 Å². The van der Waals surface area contributed by atoms with Gasteiger partial charge in [-0.2, -0.15) is 0 Å². The zero-order valence-corrected chi connectivity index (χ0v) is 14.8. The zero-order chi connectivity index (χ0) is 18.1. The van der Waals surface area contributed by atoms with Gasteiger partial charge >= 0.3 is 11.8 Å². The fourth-order valence-corrected chi connectivity index (χ4v) is 2.15. The van der Waals surface area contributed by atoms with E-state index in [1.807, 2.05) is 0 Å². The van der Waals surface area contributed by atoms with E-state index in [-0.39, 0.29) is 6.54 Å². The predicted octanol–water partition coefficient (Wildman–Crippen LogP) is 3.77. The molecule has 0 fully saturated rings. The largest absolute Gasteiger partial charge is 0.494 e. The van der Waals surface area contributed by atoms with Crippen molar-refractivity contribution in [1.82, 2.24) is 5.32 Å². The quantitative estimate of drug-likeness (QED) is 0.583. The minimum absolute atomic E-state index is 0.258. The second kappa shape index (κ2) is 9.69. The molecule has 0 radical (unpaired) electrons. The van der Waals surface area contributed by atoms with Crippen LogP contribution in [-0.4, -0.2) is 18.4 Å². The molecule has 0 saturated carbocycles. The van der Waals surface area contributed by atoms with Crippen LogP contribution in [0.1, 0.15) is 25.3 Å². The molecule has 132 valence electrons. The minimum Gasteiger partial charge on any atom is -0.494 e. The smallest absolute Gasteiger partial charge is 0.313 e. The van der Waals surface area contributed by atoms with E-state index in [9.17, 15) is 9.59 Å². The highest BCUT2D eigenvalue weighted by molar-refractivity contribution is 6.39. The average Bonchev–Trinajstić information content (AvgIpc) is 2.62. The lowest BCUT2D eigenvalue weighted by Gasteiger charge is -2.08. The van der Waals surface area contributed by atoms with Crippen molar-refractivity contribution in [3.8, 4) is 5.75 Å². The van der Waals surface area contributed by atoms with Crippen LogP contribution in [0, 0.1) is 0 Å². The van der Waals surface area contributed by atoms with Crippen LogP contribution in [0.15, 0.2) is 48.5 Å². The lowest BCUT2D eigenvalue weighted by molar-refractivity contribution is -0.136. The number of carbonyl (C=O) groups is 2. The van der Waals surface area contributed by atoms with E-state index in [1.54, 1.807) is 48.5 Å². The van der Waals surface area contributed by atoms with Gasteiger partial charge in [-0.3, -0.25) is 9.59 Å². The molecule has 2 N–H and O–H groups in total. The van der Waals surface area contributed by atoms with Crippen molar-refractivity contribution in [3.05, 3.63) is 59.1 Å². The summed E-state index contributed by atoms with van der Waals surface area (Å²) in [6, 6.07) is 14.0. The molecule has 0 heterocycles. The summed E-state index contributed by atoms with van der Waals surface area (Å²) in [7, 11) is 0. The third-order valence-corrected chi connectivity index (χ3v) is 3.70. The van der Waals surface area contributed by atoms with Gasteiger partial charge in [-0.05, 0) is 48.4 Å². The molecule has 0 aliphatic carbocycles. The molecule has 2 amide bonds. The first-order chi connectivity index (χ1) is 12.1. The molecular weight excluding hydrogens is 340 g/mol. The summed E-state index contributed by atoms with van der Waals surface area (Å²) in [4.78, 5) is 23.8. The Morgan fingerprint density at radius 2 is 1.68 bits per heavy atom. The number of anilines is 1. The van der Waals surface area contributed by atoms with E-state index >= 15 is 0 Å². The Morgan fingerprint density at radius 1 is 1.00 bits per heavy atom. The van der Waals surface area contributed by atoms with Gasteiger partial charge in [0.25, 0.3) is 0 Å². The summed E-state index contributed by atoms with van der Waals surface area (Å²) >= 11 is 5.80. The molecule has 6 heteroatoms. The van der Waals surface area contributed by atoms with Crippen LogP contribution in [0.2, 0.25) is 5.02 Å². The second-order valence-corrected chi connectivity index (χ2v) is 5.93. The monoisotopic (exact) mass is 360 g/mol. The first-order valence-corrected chi connectivity index (χ1v) is 8.52. The highest BCUT2D eigenvalue weighted by Gasteiger charge is 2.13. The normalized spacial score (nSPS) is 10.2. The molecular formula is C19H21ClN2O3. The lowest BCUT2D eigenvalue weighted by atomic mass is 10.2. The van der Waals surface area contributed by atoms with Crippen molar-refractivity contribution in [1.29, 1.82) is 0 Å². The van der Waals surface area contributed by atoms with Crippen LogP contribution in [0.5, 0.6) is 5.75 Å². The second-order valence-electron chi connectivity index (χ2n) is 5.49. The van der Waals surface area contributed by atoms with Crippen LogP contribution in [0.3, 0.4) is 0 Å². The van der Waals surface area contributed by atoms with Crippen molar-refractivity contribution >= 4 is 29.1 Å². The summed E-state index contributed by atoms with van der Waals surface area (Å²) in [5.41, 5.74) is 1.40. The molecule has 2 aromatic carbocycles. The Kier molecular flexibility index (Phi) is 7.29. The number of hydrogen-bond donors (Lipinski definition) is 2. The molecule has 0 bridgehead atoms. The van der Waals surface area contributed by atoms with Crippen LogP contribution in [0.25, 0.3) is 0 Å². The predicted molar refractivity (Wildman–Crippen MR) is 98.8 cm³/mol. The van der Waals surface area contributed by atoms with E-state index in [4.69, 9.17) is 16.3 Å². The van der Waals surface area contributed by atoms with E-state index in [0.29, 0.717) is 17.3 Å². The van der Waals surface area contributed by atoms with Crippen LogP contribution >= 0.6 is 11.6 Å². The third-order valence-electron chi connectivity index (χ3n) is 3.45. The fraction of sp³-hybridized carbons (Fsp3) is 0.263. The molecule has 0 aliphatic heterocycles. The number of hydrogen-bond acceptors (Lipinski definition) is 3. The van der Waals surface area contributed by atoms with E-state index < -0.39 is 11.8 Å².